The molecule has 96 valence electrons. The molecule has 1 amide bonds. The minimum Gasteiger partial charge on any atom is -0.496 e. The van der Waals surface area contributed by atoms with Crippen LogP contribution in [-0.4, -0.2) is 43.6 Å². The normalized spacial score (nSPS) is 19.6. The topological polar surface area (TPSA) is 41.6 Å². The lowest BCUT2D eigenvalue weighted by Gasteiger charge is -2.31. The molecule has 1 aliphatic rings. The molecule has 17 heavy (non-hydrogen) atoms. The molecule has 1 saturated heterocycles. The number of carbonyl (C=O) groups is 1. The highest BCUT2D eigenvalue weighted by molar-refractivity contribution is 7.12. The van der Waals surface area contributed by atoms with Crippen LogP contribution in [0.1, 0.15) is 16.6 Å². The van der Waals surface area contributed by atoms with E-state index in [1.54, 1.807) is 13.2 Å². The maximum absolute atomic E-state index is 12.1. The molecule has 2 rings (SSSR count). The summed E-state index contributed by atoms with van der Waals surface area (Å²) in [6.07, 6.45) is 0. The van der Waals surface area contributed by atoms with Gasteiger partial charge in [-0.05, 0) is 6.92 Å². The number of piperazine rings is 1. The predicted octanol–water partition coefficient (Wildman–Crippen LogP) is 1.61. The molecule has 6 heteroatoms. The minimum atomic E-state index is 0. The number of halogens is 1. The molecule has 4 nitrogen and oxygen atoms in total. The number of rotatable bonds is 2. The Morgan fingerprint density at radius 1 is 1.65 bits per heavy atom. The Morgan fingerprint density at radius 3 is 3.00 bits per heavy atom. The number of thiophene rings is 1. The van der Waals surface area contributed by atoms with Gasteiger partial charge in [0.05, 0.1) is 12.0 Å². The molecule has 1 aliphatic heterocycles. The van der Waals surface area contributed by atoms with Gasteiger partial charge in [0, 0.05) is 37.1 Å². The van der Waals surface area contributed by atoms with E-state index in [9.17, 15) is 4.79 Å². The van der Waals surface area contributed by atoms with Crippen molar-refractivity contribution >= 4 is 29.7 Å². The fraction of sp³-hybridized carbons (Fsp3) is 0.545. The number of amides is 1. The van der Waals surface area contributed by atoms with Gasteiger partial charge in [0.2, 0.25) is 0 Å². The van der Waals surface area contributed by atoms with Crippen LogP contribution in [0.3, 0.4) is 0 Å². The molecule has 0 aromatic carbocycles. The van der Waals surface area contributed by atoms with E-state index in [1.165, 1.54) is 11.3 Å². The van der Waals surface area contributed by atoms with Crippen molar-refractivity contribution in [2.24, 2.45) is 0 Å². The quantitative estimate of drug-likeness (QED) is 0.892. The van der Waals surface area contributed by atoms with Crippen molar-refractivity contribution in [2.45, 2.75) is 13.0 Å². The van der Waals surface area contributed by atoms with Gasteiger partial charge in [0.25, 0.3) is 5.91 Å². The molecule has 0 bridgehead atoms. The molecule has 0 unspecified atom stereocenters. The van der Waals surface area contributed by atoms with Gasteiger partial charge in [0.15, 0.2) is 0 Å². The zero-order chi connectivity index (χ0) is 11.5. The van der Waals surface area contributed by atoms with Crippen LogP contribution < -0.4 is 10.1 Å². The van der Waals surface area contributed by atoms with E-state index in [-0.39, 0.29) is 18.3 Å². The van der Waals surface area contributed by atoms with E-state index in [0.29, 0.717) is 6.04 Å². The van der Waals surface area contributed by atoms with E-state index >= 15 is 0 Å². The summed E-state index contributed by atoms with van der Waals surface area (Å²) in [6.45, 7) is 4.52. The Balaban J connectivity index is 0.00000144. The highest BCUT2D eigenvalue weighted by Gasteiger charge is 2.22. The third-order valence-electron chi connectivity index (χ3n) is 2.68. The van der Waals surface area contributed by atoms with E-state index in [4.69, 9.17) is 4.74 Å². The summed E-state index contributed by atoms with van der Waals surface area (Å²) in [6, 6.07) is 2.18. The highest BCUT2D eigenvalue weighted by atomic mass is 35.5. The van der Waals surface area contributed by atoms with Gasteiger partial charge in [0.1, 0.15) is 5.75 Å². The smallest absolute Gasteiger partial charge is 0.264 e. The Hall–Kier alpha value is -0.780. The molecule has 1 aromatic rings. The van der Waals surface area contributed by atoms with Crippen molar-refractivity contribution in [3.63, 3.8) is 0 Å². The van der Waals surface area contributed by atoms with E-state index in [1.807, 2.05) is 10.3 Å². The largest absolute Gasteiger partial charge is 0.496 e. The van der Waals surface area contributed by atoms with Crippen LogP contribution >= 0.6 is 23.7 Å². The molecular formula is C11H17ClN2O2S. The monoisotopic (exact) mass is 276 g/mol. The molecular weight excluding hydrogens is 260 g/mol. The van der Waals surface area contributed by atoms with Crippen molar-refractivity contribution in [1.82, 2.24) is 10.2 Å². The summed E-state index contributed by atoms with van der Waals surface area (Å²) in [5, 5.41) is 5.18. The van der Waals surface area contributed by atoms with Gasteiger partial charge in [-0.2, -0.15) is 0 Å². The van der Waals surface area contributed by atoms with Crippen molar-refractivity contribution in [1.29, 1.82) is 0 Å². The van der Waals surface area contributed by atoms with Gasteiger partial charge in [-0.1, -0.05) is 0 Å². The van der Waals surface area contributed by atoms with Crippen LogP contribution in [0, 0.1) is 0 Å². The van der Waals surface area contributed by atoms with E-state index in [0.717, 1.165) is 30.3 Å². The first-order valence-electron chi connectivity index (χ1n) is 5.36. The second-order valence-electron chi connectivity index (χ2n) is 3.96. The van der Waals surface area contributed by atoms with E-state index < -0.39 is 0 Å². The second-order valence-corrected chi connectivity index (χ2v) is 4.87. The van der Waals surface area contributed by atoms with Gasteiger partial charge in [-0.15, -0.1) is 23.7 Å². The molecule has 0 saturated carbocycles. The SMILES string of the molecule is COc1csc(C(=O)N2CCN[C@@H](C)C2)c1.Cl. The number of hydrogen-bond donors (Lipinski definition) is 1. The zero-order valence-corrected chi connectivity index (χ0v) is 11.6. The van der Waals surface area contributed by atoms with Gasteiger partial charge in [-0.25, -0.2) is 0 Å². The Bertz CT molecular complexity index is 383. The minimum absolute atomic E-state index is 0. The first-order chi connectivity index (χ1) is 7.70. The summed E-state index contributed by atoms with van der Waals surface area (Å²) >= 11 is 1.44. The lowest BCUT2D eigenvalue weighted by atomic mass is 10.2. The number of methoxy groups -OCH3 is 1. The van der Waals surface area contributed by atoms with Crippen LogP contribution in [0.2, 0.25) is 0 Å². The molecule has 2 heterocycles. The first kappa shape index (κ1) is 14.3. The lowest BCUT2D eigenvalue weighted by molar-refractivity contribution is 0.0714. The maximum Gasteiger partial charge on any atom is 0.264 e. The Kier molecular flexibility index (Phi) is 5.24. The number of nitrogens with one attached hydrogen (secondary N) is 1. The first-order valence-corrected chi connectivity index (χ1v) is 6.24. The molecule has 0 spiro atoms. The lowest BCUT2D eigenvalue weighted by Crippen LogP contribution is -2.51. The molecule has 1 aromatic heterocycles. The fourth-order valence-corrected chi connectivity index (χ4v) is 2.63. The van der Waals surface area contributed by atoms with Gasteiger partial charge < -0.3 is 15.0 Å². The summed E-state index contributed by atoms with van der Waals surface area (Å²) in [5.41, 5.74) is 0. The van der Waals surface area contributed by atoms with E-state index in [2.05, 4.69) is 12.2 Å². The molecule has 1 N–H and O–H groups in total. The summed E-state index contributed by atoms with van der Waals surface area (Å²) in [7, 11) is 1.61. The number of hydrogen-bond acceptors (Lipinski definition) is 4. The average molecular weight is 277 g/mol. The number of carbonyl (C=O) groups excluding carboxylic acids is 1. The van der Waals surface area contributed by atoms with Crippen LogP contribution in [0.5, 0.6) is 5.75 Å². The van der Waals surface area contributed by atoms with Crippen LogP contribution in [0.15, 0.2) is 11.4 Å². The summed E-state index contributed by atoms with van der Waals surface area (Å²) in [5.74, 6) is 0.873. The third kappa shape index (κ3) is 3.34. The average Bonchev–Trinajstić information content (AvgIpc) is 2.76. The highest BCUT2D eigenvalue weighted by Crippen LogP contribution is 2.22. The summed E-state index contributed by atoms with van der Waals surface area (Å²) in [4.78, 5) is 14.8. The fourth-order valence-electron chi connectivity index (χ4n) is 1.81. The van der Waals surface area contributed by atoms with Crippen molar-refractivity contribution in [3.05, 3.63) is 16.3 Å². The van der Waals surface area contributed by atoms with Crippen LogP contribution in [0.4, 0.5) is 0 Å². The van der Waals surface area contributed by atoms with Crippen molar-refractivity contribution in [2.75, 3.05) is 26.7 Å². The zero-order valence-electron chi connectivity index (χ0n) is 9.93. The molecule has 1 fully saturated rings. The molecule has 1 atom stereocenters. The Morgan fingerprint density at radius 2 is 2.41 bits per heavy atom. The molecule has 0 radical (unpaired) electrons. The maximum atomic E-state index is 12.1. The van der Waals surface area contributed by atoms with Crippen molar-refractivity contribution < 1.29 is 9.53 Å². The van der Waals surface area contributed by atoms with Gasteiger partial charge in [-0.3, -0.25) is 4.79 Å². The second kappa shape index (κ2) is 6.23. The summed E-state index contributed by atoms with van der Waals surface area (Å²) < 4.78 is 5.08. The van der Waals surface area contributed by atoms with Gasteiger partial charge >= 0.3 is 0 Å². The number of nitrogens with zero attached hydrogens (tertiary/aromatic N) is 1. The third-order valence-corrected chi connectivity index (χ3v) is 3.57. The molecule has 0 aliphatic carbocycles. The standard InChI is InChI=1S/C11H16N2O2S.ClH/c1-8-6-13(4-3-12-8)11(14)10-5-9(15-2)7-16-10;/h5,7-8,12H,3-4,6H2,1-2H3;1H/t8-;/m0./s1. The predicted molar refractivity (Wildman–Crippen MR) is 71.5 cm³/mol. The number of ether oxygens (including phenoxy) is 1. The van der Waals surface area contributed by atoms with Crippen LogP contribution in [0.25, 0.3) is 0 Å². The van der Waals surface area contributed by atoms with Crippen LogP contribution in [-0.2, 0) is 0 Å². The Labute approximate surface area is 111 Å². The van der Waals surface area contributed by atoms with Crippen molar-refractivity contribution in [3.8, 4) is 5.75 Å².